The van der Waals surface area contributed by atoms with E-state index in [4.69, 9.17) is 15.0 Å². The van der Waals surface area contributed by atoms with Crippen LogP contribution in [0.15, 0.2) is 27.2 Å². The van der Waals surface area contributed by atoms with E-state index >= 15 is 0 Å². The fourth-order valence-corrected chi connectivity index (χ4v) is 2.12. The van der Waals surface area contributed by atoms with Crippen molar-refractivity contribution in [2.24, 2.45) is 11.7 Å². The summed E-state index contributed by atoms with van der Waals surface area (Å²) in [6.07, 6.45) is 0. The monoisotopic (exact) mass is 325 g/mol. The van der Waals surface area contributed by atoms with E-state index in [1.54, 1.807) is 7.11 Å². The minimum Gasteiger partial charge on any atom is -0.496 e. The van der Waals surface area contributed by atoms with Gasteiger partial charge in [0.2, 0.25) is 11.7 Å². The molecule has 0 fully saturated rings. The number of aromatic nitrogens is 2. The molecule has 19 heavy (non-hydrogen) atoms. The van der Waals surface area contributed by atoms with Crippen molar-refractivity contribution in [1.29, 1.82) is 0 Å². The van der Waals surface area contributed by atoms with Crippen LogP contribution < -0.4 is 10.5 Å². The lowest BCUT2D eigenvalue weighted by Gasteiger charge is -2.09. The number of nitrogens with zero attached hydrogens (tertiary/aromatic N) is 2. The average molecular weight is 326 g/mol. The molecule has 0 aliphatic heterocycles. The van der Waals surface area contributed by atoms with Gasteiger partial charge in [-0.25, -0.2) is 0 Å². The number of benzene rings is 1. The quantitative estimate of drug-likeness (QED) is 0.934. The second-order valence-electron chi connectivity index (χ2n) is 4.58. The number of hydrogen-bond acceptors (Lipinski definition) is 5. The van der Waals surface area contributed by atoms with Crippen molar-refractivity contribution in [3.8, 4) is 17.1 Å². The molecule has 0 amide bonds. The van der Waals surface area contributed by atoms with Crippen LogP contribution in [0.4, 0.5) is 0 Å². The van der Waals surface area contributed by atoms with Gasteiger partial charge in [-0.1, -0.05) is 19.0 Å². The van der Waals surface area contributed by atoms with E-state index in [1.165, 1.54) is 0 Å². The predicted molar refractivity (Wildman–Crippen MR) is 75.8 cm³/mol. The van der Waals surface area contributed by atoms with Crippen LogP contribution in [0.1, 0.15) is 25.8 Å². The summed E-state index contributed by atoms with van der Waals surface area (Å²) in [5, 5.41) is 3.96. The van der Waals surface area contributed by atoms with Gasteiger partial charge in [0.05, 0.1) is 17.6 Å². The fraction of sp³-hybridized carbons (Fsp3) is 0.385. The molecule has 6 heteroatoms. The van der Waals surface area contributed by atoms with Crippen LogP contribution in [0.3, 0.4) is 0 Å². The van der Waals surface area contributed by atoms with E-state index in [-0.39, 0.29) is 12.0 Å². The third-order valence-corrected chi connectivity index (χ3v) is 3.47. The molecule has 0 bridgehead atoms. The Morgan fingerprint density at radius 3 is 2.68 bits per heavy atom. The third-order valence-electron chi connectivity index (χ3n) is 2.86. The SMILES string of the molecule is COc1ccc(-c2noc(C(N)C(C)C)n2)cc1Br. The highest BCUT2D eigenvalue weighted by atomic mass is 79.9. The van der Waals surface area contributed by atoms with Crippen LogP contribution in [0.25, 0.3) is 11.4 Å². The second-order valence-corrected chi connectivity index (χ2v) is 5.43. The molecule has 0 saturated carbocycles. The summed E-state index contributed by atoms with van der Waals surface area (Å²) in [7, 11) is 1.62. The summed E-state index contributed by atoms with van der Waals surface area (Å²) in [5.74, 6) is 1.98. The Labute approximate surface area is 120 Å². The van der Waals surface area contributed by atoms with E-state index < -0.39 is 0 Å². The van der Waals surface area contributed by atoms with Gasteiger partial charge in [-0.3, -0.25) is 0 Å². The molecule has 1 unspecified atom stereocenters. The Morgan fingerprint density at radius 1 is 1.37 bits per heavy atom. The first-order valence-corrected chi connectivity index (χ1v) is 6.75. The molecule has 1 heterocycles. The zero-order valence-electron chi connectivity index (χ0n) is 11.1. The molecule has 0 aliphatic rings. The van der Waals surface area contributed by atoms with Crippen molar-refractivity contribution in [3.63, 3.8) is 0 Å². The maximum Gasteiger partial charge on any atom is 0.244 e. The fourth-order valence-electron chi connectivity index (χ4n) is 1.58. The number of methoxy groups -OCH3 is 1. The molecule has 0 aliphatic carbocycles. The van der Waals surface area contributed by atoms with E-state index in [0.29, 0.717) is 11.7 Å². The number of halogens is 1. The summed E-state index contributed by atoms with van der Waals surface area (Å²) in [6.45, 7) is 4.02. The van der Waals surface area contributed by atoms with Crippen molar-refractivity contribution >= 4 is 15.9 Å². The van der Waals surface area contributed by atoms with Gasteiger partial charge >= 0.3 is 0 Å². The first kappa shape index (κ1) is 14.0. The maximum atomic E-state index is 5.98. The van der Waals surface area contributed by atoms with Gasteiger partial charge in [-0.15, -0.1) is 0 Å². The number of ether oxygens (including phenoxy) is 1. The van der Waals surface area contributed by atoms with Gasteiger partial charge in [0.15, 0.2) is 0 Å². The molecule has 102 valence electrons. The van der Waals surface area contributed by atoms with Crippen molar-refractivity contribution in [3.05, 3.63) is 28.6 Å². The van der Waals surface area contributed by atoms with Crippen molar-refractivity contribution in [2.45, 2.75) is 19.9 Å². The van der Waals surface area contributed by atoms with Crippen molar-refractivity contribution < 1.29 is 9.26 Å². The summed E-state index contributed by atoms with van der Waals surface area (Å²) in [5.41, 5.74) is 6.83. The molecule has 1 aromatic heterocycles. The highest BCUT2D eigenvalue weighted by Gasteiger charge is 2.19. The summed E-state index contributed by atoms with van der Waals surface area (Å²) < 4.78 is 11.2. The molecule has 1 aromatic carbocycles. The van der Waals surface area contributed by atoms with Gasteiger partial charge in [-0.05, 0) is 40.0 Å². The van der Waals surface area contributed by atoms with Gasteiger partial charge in [0.25, 0.3) is 0 Å². The molecule has 5 nitrogen and oxygen atoms in total. The molecule has 0 radical (unpaired) electrons. The minimum atomic E-state index is -0.247. The van der Waals surface area contributed by atoms with Crippen LogP contribution >= 0.6 is 15.9 Å². The van der Waals surface area contributed by atoms with Crippen molar-refractivity contribution in [1.82, 2.24) is 10.1 Å². The highest BCUT2D eigenvalue weighted by molar-refractivity contribution is 9.10. The van der Waals surface area contributed by atoms with Crippen LogP contribution in [-0.4, -0.2) is 17.3 Å². The Kier molecular flexibility index (Phi) is 4.21. The zero-order chi connectivity index (χ0) is 14.0. The largest absolute Gasteiger partial charge is 0.496 e. The molecule has 0 saturated heterocycles. The van der Waals surface area contributed by atoms with E-state index in [0.717, 1.165) is 15.8 Å². The van der Waals surface area contributed by atoms with Crippen LogP contribution in [0.2, 0.25) is 0 Å². The standard InChI is InChI=1S/C13H16BrN3O2/c1-7(2)11(15)13-16-12(17-19-13)8-4-5-10(18-3)9(14)6-8/h4-7,11H,15H2,1-3H3. The molecule has 2 rings (SSSR count). The minimum absolute atomic E-state index is 0.246. The lowest BCUT2D eigenvalue weighted by Crippen LogP contribution is -2.16. The molecular formula is C13H16BrN3O2. The number of hydrogen-bond donors (Lipinski definition) is 1. The van der Waals surface area contributed by atoms with Crippen LogP contribution in [0, 0.1) is 5.92 Å². The Bertz CT molecular complexity index is 569. The van der Waals surface area contributed by atoms with Crippen LogP contribution in [0.5, 0.6) is 5.75 Å². The smallest absolute Gasteiger partial charge is 0.244 e. The summed E-state index contributed by atoms with van der Waals surface area (Å²) >= 11 is 3.43. The van der Waals surface area contributed by atoms with Gasteiger partial charge < -0.3 is 15.0 Å². The zero-order valence-corrected chi connectivity index (χ0v) is 12.6. The lowest BCUT2D eigenvalue weighted by molar-refractivity contribution is 0.325. The lowest BCUT2D eigenvalue weighted by atomic mass is 10.1. The highest BCUT2D eigenvalue weighted by Crippen LogP contribution is 2.30. The predicted octanol–water partition coefficient (Wildman–Crippen LogP) is 3.16. The Balaban J connectivity index is 2.30. The average Bonchev–Trinajstić information content (AvgIpc) is 2.87. The first-order chi connectivity index (χ1) is 9.02. The Morgan fingerprint density at radius 2 is 2.11 bits per heavy atom. The van der Waals surface area contributed by atoms with Gasteiger partial charge in [-0.2, -0.15) is 4.98 Å². The number of rotatable bonds is 4. The first-order valence-electron chi connectivity index (χ1n) is 5.96. The van der Waals surface area contributed by atoms with E-state index in [9.17, 15) is 0 Å². The van der Waals surface area contributed by atoms with Crippen molar-refractivity contribution in [2.75, 3.05) is 7.11 Å². The van der Waals surface area contributed by atoms with Gasteiger partial charge in [0.1, 0.15) is 5.75 Å². The van der Waals surface area contributed by atoms with E-state index in [1.807, 2.05) is 32.0 Å². The summed E-state index contributed by atoms with van der Waals surface area (Å²) in [4.78, 5) is 4.33. The summed E-state index contributed by atoms with van der Waals surface area (Å²) in [6, 6.07) is 5.36. The normalized spacial score (nSPS) is 12.7. The molecular weight excluding hydrogens is 310 g/mol. The van der Waals surface area contributed by atoms with Gasteiger partial charge in [0, 0.05) is 5.56 Å². The Hall–Kier alpha value is -1.40. The molecule has 1 atom stereocenters. The maximum absolute atomic E-state index is 5.98. The topological polar surface area (TPSA) is 74.2 Å². The molecule has 2 N–H and O–H groups in total. The molecule has 2 aromatic rings. The molecule has 0 spiro atoms. The van der Waals surface area contributed by atoms with Crippen LogP contribution in [-0.2, 0) is 0 Å². The van der Waals surface area contributed by atoms with E-state index in [2.05, 4.69) is 26.1 Å². The second kappa shape index (κ2) is 5.71. The number of nitrogens with two attached hydrogens (primary N) is 1. The third kappa shape index (κ3) is 2.96.